The zero-order valence-corrected chi connectivity index (χ0v) is 9.97. The van der Waals surface area contributed by atoms with Crippen molar-refractivity contribution < 1.29 is 22.7 Å². The zero-order valence-electron chi connectivity index (χ0n) is 9.22. The molecule has 1 aromatic rings. The number of alkyl halides is 3. The Kier molecular flexibility index (Phi) is 4.24. The van der Waals surface area contributed by atoms with Crippen molar-refractivity contribution >= 4 is 23.3 Å². The van der Waals surface area contributed by atoms with E-state index in [9.17, 15) is 18.0 Å². The molecule has 0 aliphatic rings. The van der Waals surface area contributed by atoms with Gasteiger partial charge < -0.3 is 10.5 Å². The van der Waals surface area contributed by atoms with Crippen LogP contribution in [0, 0.1) is 0 Å². The summed E-state index contributed by atoms with van der Waals surface area (Å²) in [5.74, 6) is -0.705. The van der Waals surface area contributed by atoms with Gasteiger partial charge >= 0.3 is 12.1 Å². The molecule has 0 heterocycles. The van der Waals surface area contributed by atoms with E-state index in [0.717, 1.165) is 31.4 Å². The lowest BCUT2D eigenvalue weighted by atomic mass is 10.1. The first-order chi connectivity index (χ1) is 8.25. The molecule has 0 fully saturated rings. The topological polar surface area (TPSA) is 52.3 Å². The van der Waals surface area contributed by atoms with Crippen LogP contribution in [-0.4, -0.2) is 13.1 Å². The summed E-state index contributed by atoms with van der Waals surface area (Å²) in [6.07, 6.45) is -3.57. The second-order valence-electron chi connectivity index (χ2n) is 3.32. The molecule has 0 bridgehead atoms. The largest absolute Gasteiger partial charge is 0.466 e. The summed E-state index contributed by atoms with van der Waals surface area (Å²) in [4.78, 5) is 10.9. The maximum Gasteiger partial charge on any atom is 0.417 e. The minimum Gasteiger partial charge on any atom is -0.466 e. The van der Waals surface area contributed by atoms with Crippen LogP contribution >= 0.6 is 11.6 Å². The Morgan fingerprint density at radius 1 is 1.44 bits per heavy atom. The SMILES string of the molecule is COC(=O)C=C(N)c1ccc(C(F)(F)F)c(Cl)c1. The highest BCUT2D eigenvalue weighted by atomic mass is 35.5. The van der Waals surface area contributed by atoms with E-state index in [1.165, 1.54) is 0 Å². The number of nitrogens with two attached hydrogens (primary N) is 1. The van der Waals surface area contributed by atoms with Gasteiger partial charge in [0.05, 0.1) is 17.7 Å². The van der Waals surface area contributed by atoms with Crippen molar-refractivity contribution in [1.82, 2.24) is 0 Å². The maximum atomic E-state index is 12.4. The first-order valence-electron chi connectivity index (χ1n) is 4.68. The van der Waals surface area contributed by atoms with Crippen LogP contribution in [0.2, 0.25) is 5.02 Å². The normalized spacial score (nSPS) is 12.4. The van der Waals surface area contributed by atoms with Gasteiger partial charge in [-0.2, -0.15) is 13.2 Å². The van der Waals surface area contributed by atoms with E-state index in [-0.39, 0.29) is 11.3 Å². The van der Waals surface area contributed by atoms with Crippen LogP contribution in [0.15, 0.2) is 24.3 Å². The van der Waals surface area contributed by atoms with E-state index in [2.05, 4.69) is 4.74 Å². The predicted octanol–water partition coefficient (Wildman–Crippen LogP) is 2.83. The highest BCUT2D eigenvalue weighted by Gasteiger charge is 2.33. The molecule has 0 amide bonds. The zero-order chi connectivity index (χ0) is 13.9. The van der Waals surface area contributed by atoms with Gasteiger partial charge in [-0.1, -0.05) is 17.7 Å². The Morgan fingerprint density at radius 2 is 2.06 bits per heavy atom. The molecule has 0 aliphatic carbocycles. The van der Waals surface area contributed by atoms with Crippen LogP contribution in [0.5, 0.6) is 0 Å². The average Bonchev–Trinajstić information content (AvgIpc) is 2.26. The number of ether oxygens (including phenoxy) is 1. The second-order valence-corrected chi connectivity index (χ2v) is 3.72. The molecule has 0 spiro atoms. The monoisotopic (exact) mass is 279 g/mol. The standard InChI is InChI=1S/C11H9ClF3NO2/c1-18-10(17)5-9(16)6-2-3-7(8(12)4-6)11(13,14)15/h2-5H,16H2,1H3. The van der Waals surface area contributed by atoms with Crippen molar-refractivity contribution in [2.45, 2.75) is 6.18 Å². The number of hydrogen-bond donors (Lipinski definition) is 1. The summed E-state index contributed by atoms with van der Waals surface area (Å²) in [7, 11) is 1.16. The number of carbonyl (C=O) groups is 1. The molecule has 2 N–H and O–H groups in total. The van der Waals surface area contributed by atoms with E-state index in [0.29, 0.717) is 0 Å². The number of halogens is 4. The third-order valence-electron chi connectivity index (χ3n) is 2.08. The molecule has 0 radical (unpaired) electrons. The molecule has 0 unspecified atom stereocenters. The molecule has 0 aliphatic heterocycles. The summed E-state index contributed by atoms with van der Waals surface area (Å²) in [6.45, 7) is 0. The highest BCUT2D eigenvalue weighted by Crippen LogP contribution is 2.35. The average molecular weight is 280 g/mol. The smallest absolute Gasteiger partial charge is 0.417 e. The molecule has 7 heteroatoms. The summed E-state index contributed by atoms with van der Waals surface area (Å²) in [6, 6.07) is 2.97. The van der Waals surface area contributed by atoms with Crippen molar-refractivity contribution in [1.29, 1.82) is 0 Å². The third kappa shape index (κ3) is 3.40. The molecule has 98 valence electrons. The quantitative estimate of drug-likeness (QED) is 0.669. The van der Waals surface area contributed by atoms with Crippen LogP contribution in [0.25, 0.3) is 5.70 Å². The van der Waals surface area contributed by atoms with Crippen LogP contribution in [0.1, 0.15) is 11.1 Å². The number of benzene rings is 1. The lowest BCUT2D eigenvalue weighted by Gasteiger charge is -2.10. The molecule has 3 nitrogen and oxygen atoms in total. The van der Waals surface area contributed by atoms with E-state index in [4.69, 9.17) is 17.3 Å². The van der Waals surface area contributed by atoms with Gasteiger partial charge in [0, 0.05) is 11.8 Å². The van der Waals surface area contributed by atoms with E-state index >= 15 is 0 Å². The van der Waals surface area contributed by atoms with Crippen LogP contribution in [-0.2, 0) is 15.7 Å². The number of esters is 1. The Hall–Kier alpha value is -1.69. The summed E-state index contributed by atoms with van der Waals surface area (Å²) in [5.41, 5.74) is 4.74. The molecule has 1 rings (SSSR count). The number of methoxy groups -OCH3 is 1. The number of rotatable bonds is 2. The minimum atomic E-state index is -4.53. The molecule has 0 atom stereocenters. The van der Waals surface area contributed by atoms with Crippen molar-refractivity contribution in [3.05, 3.63) is 40.4 Å². The fourth-order valence-electron chi connectivity index (χ4n) is 1.19. The van der Waals surface area contributed by atoms with Gasteiger partial charge in [0.25, 0.3) is 0 Å². The van der Waals surface area contributed by atoms with Crippen molar-refractivity contribution in [2.24, 2.45) is 5.73 Å². The first kappa shape index (κ1) is 14.4. The Balaban J connectivity index is 3.13. The lowest BCUT2D eigenvalue weighted by molar-refractivity contribution is -0.137. The predicted molar refractivity (Wildman–Crippen MR) is 60.6 cm³/mol. The Bertz CT molecular complexity index is 498. The van der Waals surface area contributed by atoms with E-state index in [1.807, 2.05) is 0 Å². The summed E-state index contributed by atoms with van der Waals surface area (Å²) in [5, 5.41) is -0.485. The highest BCUT2D eigenvalue weighted by molar-refractivity contribution is 6.31. The van der Waals surface area contributed by atoms with Gasteiger partial charge in [0.1, 0.15) is 0 Å². The van der Waals surface area contributed by atoms with Crippen LogP contribution in [0.3, 0.4) is 0 Å². The summed E-state index contributed by atoms with van der Waals surface area (Å²) < 4.78 is 41.7. The van der Waals surface area contributed by atoms with Crippen molar-refractivity contribution in [3.8, 4) is 0 Å². The molecule has 0 saturated carbocycles. The van der Waals surface area contributed by atoms with Gasteiger partial charge in [0.15, 0.2) is 0 Å². The number of carbonyl (C=O) groups excluding carboxylic acids is 1. The molecule has 1 aromatic carbocycles. The van der Waals surface area contributed by atoms with Crippen LogP contribution < -0.4 is 5.73 Å². The van der Waals surface area contributed by atoms with Gasteiger partial charge in [-0.05, 0) is 17.7 Å². The lowest BCUT2D eigenvalue weighted by Crippen LogP contribution is -2.07. The van der Waals surface area contributed by atoms with Gasteiger partial charge in [-0.15, -0.1) is 0 Å². The van der Waals surface area contributed by atoms with Crippen molar-refractivity contribution in [3.63, 3.8) is 0 Å². The molecular formula is C11H9ClF3NO2. The van der Waals surface area contributed by atoms with Gasteiger partial charge in [-0.25, -0.2) is 4.79 Å². The molecule has 18 heavy (non-hydrogen) atoms. The number of hydrogen-bond acceptors (Lipinski definition) is 3. The maximum absolute atomic E-state index is 12.4. The van der Waals surface area contributed by atoms with Crippen molar-refractivity contribution in [2.75, 3.05) is 7.11 Å². The Labute approximate surface area is 106 Å². The van der Waals surface area contributed by atoms with Gasteiger partial charge in [0.2, 0.25) is 0 Å². The Morgan fingerprint density at radius 3 is 2.50 bits per heavy atom. The van der Waals surface area contributed by atoms with Crippen LogP contribution in [0.4, 0.5) is 13.2 Å². The molecular weight excluding hydrogens is 271 g/mol. The van der Waals surface area contributed by atoms with Gasteiger partial charge in [-0.3, -0.25) is 0 Å². The second kappa shape index (κ2) is 5.30. The van der Waals surface area contributed by atoms with E-state index in [1.54, 1.807) is 0 Å². The third-order valence-corrected chi connectivity index (χ3v) is 2.40. The first-order valence-corrected chi connectivity index (χ1v) is 5.05. The minimum absolute atomic E-state index is 0.0301. The fourth-order valence-corrected chi connectivity index (χ4v) is 1.48. The molecule has 0 saturated heterocycles. The summed E-state index contributed by atoms with van der Waals surface area (Å²) >= 11 is 5.51. The fraction of sp³-hybridized carbons (Fsp3) is 0.182. The van der Waals surface area contributed by atoms with E-state index < -0.39 is 22.7 Å². The molecule has 0 aromatic heterocycles.